The third-order valence-electron chi connectivity index (χ3n) is 3.53. The van der Waals surface area contributed by atoms with E-state index < -0.39 is 24.3 Å². The molecule has 0 spiro atoms. The van der Waals surface area contributed by atoms with Crippen LogP contribution in [-0.4, -0.2) is 55.1 Å². The molecule has 1 aliphatic heterocycles. The lowest BCUT2D eigenvalue weighted by Gasteiger charge is -2.14. The predicted molar refractivity (Wildman–Crippen MR) is 65.5 cm³/mol. The monoisotopic (exact) mass is 266 g/mol. The van der Waals surface area contributed by atoms with Crippen LogP contribution >= 0.6 is 0 Å². The highest BCUT2D eigenvalue weighted by molar-refractivity contribution is 5.78. The van der Waals surface area contributed by atoms with Crippen molar-refractivity contribution in [2.45, 2.75) is 24.3 Å². The van der Waals surface area contributed by atoms with Gasteiger partial charge in [0, 0.05) is 11.8 Å². The Morgan fingerprint density at radius 2 is 2.05 bits per heavy atom. The molecule has 8 heteroatoms. The highest BCUT2D eigenvalue weighted by Gasteiger charge is 2.42. The minimum atomic E-state index is -1.07. The van der Waals surface area contributed by atoms with E-state index in [9.17, 15) is 15.0 Å². The minimum Gasteiger partial charge on any atom is -0.395 e. The molecule has 1 aliphatic rings. The molecular weight excluding hydrogens is 252 g/mol. The number of aliphatic hydroxyl groups excluding tert-OH is 3. The average molecular weight is 266 g/mol. The Bertz CT molecular complexity index is 651. The zero-order valence-corrected chi connectivity index (χ0v) is 9.87. The number of hydrogen-bond donors (Lipinski definition) is 6. The van der Waals surface area contributed by atoms with Crippen LogP contribution in [0.2, 0.25) is 0 Å². The molecule has 3 heterocycles. The van der Waals surface area contributed by atoms with Gasteiger partial charge in [-0.05, 0) is 0 Å². The highest BCUT2D eigenvalue weighted by atomic mass is 16.3. The first-order valence-corrected chi connectivity index (χ1v) is 5.91. The van der Waals surface area contributed by atoms with Crippen molar-refractivity contribution in [3.8, 4) is 0 Å². The summed E-state index contributed by atoms with van der Waals surface area (Å²) < 4.78 is 0. The van der Waals surface area contributed by atoms with E-state index in [1.54, 1.807) is 6.20 Å². The van der Waals surface area contributed by atoms with Gasteiger partial charge in [-0.2, -0.15) is 0 Å². The van der Waals surface area contributed by atoms with Crippen LogP contribution in [0.25, 0.3) is 11.0 Å². The van der Waals surface area contributed by atoms with Crippen molar-refractivity contribution in [2.75, 3.05) is 6.61 Å². The van der Waals surface area contributed by atoms with E-state index in [1.165, 1.54) is 6.33 Å². The van der Waals surface area contributed by atoms with Crippen molar-refractivity contribution in [2.24, 2.45) is 0 Å². The Balaban J connectivity index is 2.06. The maximum atomic E-state index is 11.6. The predicted octanol–water partition coefficient (Wildman–Crippen LogP) is -2.02. The lowest BCUT2D eigenvalue weighted by Crippen LogP contribution is -2.35. The molecule has 1 saturated heterocycles. The van der Waals surface area contributed by atoms with Crippen LogP contribution in [0.15, 0.2) is 17.3 Å². The van der Waals surface area contributed by atoms with Crippen molar-refractivity contribution in [3.05, 3.63) is 28.4 Å². The number of H-pyrrole nitrogens is 2. The summed E-state index contributed by atoms with van der Waals surface area (Å²) in [7, 11) is 0. The van der Waals surface area contributed by atoms with Crippen LogP contribution in [0.1, 0.15) is 11.6 Å². The normalized spacial score (nSPS) is 31.1. The maximum Gasteiger partial charge on any atom is 0.275 e. The van der Waals surface area contributed by atoms with Gasteiger partial charge in [-0.3, -0.25) is 4.79 Å². The fourth-order valence-corrected chi connectivity index (χ4v) is 2.51. The Kier molecular flexibility index (Phi) is 2.86. The number of nitrogens with zero attached hydrogens (tertiary/aromatic N) is 1. The average Bonchev–Trinajstić information content (AvgIpc) is 2.94. The number of aliphatic hydroxyl groups is 3. The molecule has 0 saturated carbocycles. The molecule has 0 radical (unpaired) electrons. The summed E-state index contributed by atoms with van der Waals surface area (Å²) in [6.07, 6.45) is 0.711. The number of aromatic nitrogens is 3. The number of hydrogen-bond acceptors (Lipinski definition) is 6. The maximum absolute atomic E-state index is 11.6. The lowest BCUT2D eigenvalue weighted by molar-refractivity contribution is 0.0196. The number of rotatable bonds is 2. The van der Waals surface area contributed by atoms with E-state index in [0.29, 0.717) is 16.6 Å². The standard InChI is InChI=1S/C11H14N4O4/c16-2-5-9(17)10(18)7(15-5)4-1-12-8-6(4)13-3-14-11(8)19/h1,3,5,7,9-10,12,15-18H,2H2,(H,13,14,19)/t5-,7-,9-,10+/m1/s1. The molecule has 1 fully saturated rings. The number of fused-ring (bicyclic) bond motifs is 1. The van der Waals surface area contributed by atoms with Crippen LogP contribution in [-0.2, 0) is 0 Å². The molecule has 8 nitrogen and oxygen atoms in total. The van der Waals surface area contributed by atoms with Gasteiger partial charge in [-0.15, -0.1) is 0 Å². The van der Waals surface area contributed by atoms with Crippen LogP contribution in [0.4, 0.5) is 0 Å². The molecule has 102 valence electrons. The van der Waals surface area contributed by atoms with Crippen LogP contribution in [0.5, 0.6) is 0 Å². The second kappa shape index (κ2) is 4.42. The van der Waals surface area contributed by atoms with Gasteiger partial charge in [-0.1, -0.05) is 0 Å². The quantitative estimate of drug-likeness (QED) is 0.371. The van der Waals surface area contributed by atoms with Gasteiger partial charge in [0.2, 0.25) is 0 Å². The lowest BCUT2D eigenvalue weighted by atomic mass is 10.0. The first kappa shape index (κ1) is 12.3. The molecular formula is C11H14N4O4. The fraction of sp³-hybridized carbons (Fsp3) is 0.455. The highest BCUT2D eigenvalue weighted by Crippen LogP contribution is 2.30. The number of nitrogens with one attached hydrogen (secondary N) is 3. The molecule has 0 aliphatic carbocycles. The van der Waals surface area contributed by atoms with Crippen molar-refractivity contribution in [3.63, 3.8) is 0 Å². The van der Waals surface area contributed by atoms with Gasteiger partial charge in [-0.25, -0.2) is 4.98 Å². The number of aromatic amines is 2. The summed E-state index contributed by atoms with van der Waals surface area (Å²) in [5.74, 6) is 0. The molecule has 0 unspecified atom stereocenters. The van der Waals surface area contributed by atoms with Gasteiger partial charge >= 0.3 is 0 Å². The van der Waals surface area contributed by atoms with Gasteiger partial charge in [0.1, 0.15) is 17.1 Å². The van der Waals surface area contributed by atoms with E-state index in [4.69, 9.17) is 5.11 Å². The van der Waals surface area contributed by atoms with E-state index in [1.807, 2.05) is 0 Å². The first-order valence-electron chi connectivity index (χ1n) is 5.91. The molecule has 2 aromatic rings. The topological polar surface area (TPSA) is 134 Å². The van der Waals surface area contributed by atoms with E-state index in [0.717, 1.165) is 0 Å². The molecule has 4 atom stereocenters. The smallest absolute Gasteiger partial charge is 0.275 e. The third kappa shape index (κ3) is 1.77. The van der Waals surface area contributed by atoms with E-state index in [-0.39, 0.29) is 12.2 Å². The molecule has 0 bridgehead atoms. The SMILES string of the molecule is O=c1[nH]cnc2c([C@H]3N[C@H](CO)[C@@H](O)[C@H]3O)c[nH]c12. The van der Waals surface area contributed by atoms with Crippen molar-refractivity contribution >= 4 is 11.0 Å². The van der Waals surface area contributed by atoms with Gasteiger partial charge < -0.3 is 30.6 Å². The molecule has 19 heavy (non-hydrogen) atoms. The van der Waals surface area contributed by atoms with Gasteiger partial charge in [0.25, 0.3) is 5.56 Å². The Hall–Kier alpha value is -1.74. The minimum absolute atomic E-state index is 0.287. The van der Waals surface area contributed by atoms with Gasteiger partial charge in [0.15, 0.2) is 0 Å². The second-order valence-corrected chi connectivity index (χ2v) is 4.61. The second-order valence-electron chi connectivity index (χ2n) is 4.61. The van der Waals surface area contributed by atoms with Crippen LogP contribution < -0.4 is 10.9 Å². The largest absolute Gasteiger partial charge is 0.395 e. The molecule has 0 amide bonds. The zero-order valence-electron chi connectivity index (χ0n) is 9.87. The summed E-state index contributed by atoms with van der Waals surface area (Å²) in [6.45, 7) is -0.287. The Morgan fingerprint density at radius 1 is 1.26 bits per heavy atom. The Labute approximate surface area is 107 Å². The Morgan fingerprint density at radius 3 is 2.74 bits per heavy atom. The first-order chi connectivity index (χ1) is 9.13. The summed E-state index contributed by atoms with van der Waals surface area (Å²) in [5, 5.41) is 31.8. The summed E-state index contributed by atoms with van der Waals surface area (Å²) in [4.78, 5) is 20.9. The fourth-order valence-electron chi connectivity index (χ4n) is 2.51. The zero-order chi connectivity index (χ0) is 13.6. The van der Waals surface area contributed by atoms with Crippen molar-refractivity contribution in [1.29, 1.82) is 0 Å². The van der Waals surface area contributed by atoms with Crippen LogP contribution in [0, 0.1) is 0 Å². The van der Waals surface area contributed by atoms with E-state index in [2.05, 4.69) is 20.3 Å². The van der Waals surface area contributed by atoms with Crippen molar-refractivity contribution < 1.29 is 15.3 Å². The van der Waals surface area contributed by atoms with Gasteiger partial charge in [0.05, 0.1) is 31.1 Å². The van der Waals surface area contributed by atoms with Crippen molar-refractivity contribution in [1.82, 2.24) is 20.3 Å². The molecule has 6 N–H and O–H groups in total. The summed E-state index contributed by atoms with van der Waals surface area (Å²) in [6, 6.07) is -1.19. The molecule has 2 aromatic heterocycles. The molecule has 0 aromatic carbocycles. The third-order valence-corrected chi connectivity index (χ3v) is 3.53. The molecule has 3 rings (SSSR count). The van der Waals surface area contributed by atoms with Crippen LogP contribution in [0.3, 0.4) is 0 Å². The summed E-state index contributed by atoms with van der Waals surface area (Å²) >= 11 is 0. The summed E-state index contributed by atoms with van der Waals surface area (Å²) in [5.41, 5.74) is 1.03. The van der Waals surface area contributed by atoms with E-state index >= 15 is 0 Å².